The molecule has 8 heteroatoms. The third-order valence-corrected chi connectivity index (χ3v) is 5.33. The minimum absolute atomic E-state index is 0.00127. The van der Waals surface area contributed by atoms with Gasteiger partial charge in [0.2, 0.25) is 5.88 Å². The second kappa shape index (κ2) is 6.46. The predicted molar refractivity (Wildman–Crippen MR) is 106 cm³/mol. The molecule has 2 aromatic carbocycles. The molecule has 1 aliphatic rings. The van der Waals surface area contributed by atoms with Gasteiger partial charge in [0.15, 0.2) is 0 Å². The van der Waals surface area contributed by atoms with E-state index >= 15 is 0 Å². The molecule has 0 saturated heterocycles. The molecule has 0 amide bonds. The highest BCUT2D eigenvalue weighted by molar-refractivity contribution is 5.85. The lowest BCUT2D eigenvalue weighted by Gasteiger charge is -2.25. The molecule has 29 heavy (non-hydrogen) atoms. The number of benzene rings is 2. The van der Waals surface area contributed by atoms with Gasteiger partial charge in [0, 0.05) is 23.1 Å². The predicted octanol–water partition coefficient (Wildman–Crippen LogP) is 2.09. The van der Waals surface area contributed by atoms with Gasteiger partial charge in [-0.25, -0.2) is 13.8 Å². The van der Waals surface area contributed by atoms with Crippen molar-refractivity contribution >= 4 is 10.9 Å². The van der Waals surface area contributed by atoms with E-state index in [9.17, 15) is 19.1 Å². The lowest BCUT2D eigenvalue weighted by molar-refractivity contribution is 0.409. The molecule has 1 atom stereocenters. The van der Waals surface area contributed by atoms with E-state index in [1.54, 1.807) is 0 Å². The highest BCUT2D eigenvalue weighted by Crippen LogP contribution is 2.35. The van der Waals surface area contributed by atoms with Crippen LogP contribution < -0.4 is 16.6 Å². The summed E-state index contributed by atoms with van der Waals surface area (Å²) in [5, 5.41) is 15.2. The van der Waals surface area contributed by atoms with E-state index in [1.165, 1.54) is 18.2 Å². The summed E-state index contributed by atoms with van der Waals surface area (Å²) in [4.78, 5) is 30.6. The number of nitrogens with zero attached hydrogens (tertiary/aromatic N) is 1. The van der Waals surface area contributed by atoms with E-state index in [2.05, 4.69) is 15.3 Å². The van der Waals surface area contributed by atoms with Crippen LogP contribution in [-0.2, 0) is 6.42 Å². The summed E-state index contributed by atoms with van der Waals surface area (Å²) >= 11 is 0. The first kappa shape index (κ1) is 17.4. The van der Waals surface area contributed by atoms with Gasteiger partial charge in [-0.2, -0.15) is 0 Å². The number of rotatable bonds is 2. The van der Waals surface area contributed by atoms with E-state index < -0.39 is 29.0 Å². The smallest absolute Gasteiger partial charge is 0.335 e. The maximum atomic E-state index is 13.7. The Kier molecular flexibility index (Phi) is 3.88. The van der Waals surface area contributed by atoms with Gasteiger partial charge in [-0.1, -0.05) is 24.3 Å². The fraction of sp³-hybridized carbons (Fsp3) is 0.143. The lowest BCUT2D eigenvalue weighted by atomic mass is 9.95. The molecule has 4 N–H and O–H groups in total. The fourth-order valence-electron chi connectivity index (χ4n) is 4.08. The van der Waals surface area contributed by atoms with Crippen LogP contribution in [0.15, 0.2) is 58.1 Å². The summed E-state index contributed by atoms with van der Waals surface area (Å²) in [6, 6.07) is 12.4. The van der Waals surface area contributed by atoms with Crippen LogP contribution in [-0.4, -0.2) is 26.2 Å². The van der Waals surface area contributed by atoms with Crippen molar-refractivity contribution in [2.75, 3.05) is 6.54 Å². The van der Waals surface area contributed by atoms with E-state index in [0.29, 0.717) is 6.54 Å². The summed E-state index contributed by atoms with van der Waals surface area (Å²) in [7, 11) is 0. The number of fused-ring (bicyclic) bond motifs is 3. The quantitative estimate of drug-likeness (QED) is 0.419. The molecule has 5 rings (SSSR count). The number of para-hydroxylation sites is 1. The average Bonchev–Trinajstić information content (AvgIpc) is 3.07. The highest BCUT2D eigenvalue weighted by atomic mass is 19.1. The first-order valence-electron chi connectivity index (χ1n) is 9.21. The number of halogens is 1. The molecule has 146 valence electrons. The summed E-state index contributed by atoms with van der Waals surface area (Å²) in [5.74, 6) is -1.08. The fourth-order valence-corrected chi connectivity index (χ4v) is 4.08. The van der Waals surface area contributed by atoms with Gasteiger partial charge in [0.1, 0.15) is 11.4 Å². The third kappa shape index (κ3) is 2.68. The van der Waals surface area contributed by atoms with E-state index in [4.69, 9.17) is 0 Å². The molecule has 4 aromatic rings. The van der Waals surface area contributed by atoms with Crippen LogP contribution in [0.25, 0.3) is 16.6 Å². The standard InChI is InChI=1S/C21H17FN4O3/c22-11-4-3-5-12(10-11)26-20(28)16(19(27)25-21(26)29)18-17-14(8-9-23-18)13-6-1-2-7-15(13)24-17/h1-7,10,18,23-24,28H,8-9H2,(H,25,27,29)/t18-/m0/s1. The Morgan fingerprint density at radius 1 is 1.07 bits per heavy atom. The highest BCUT2D eigenvalue weighted by Gasteiger charge is 2.31. The van der Waals surface area contributed by atoms with Crippen LogP contribution in [0.2, 0.25) is 0 Å². The molecule has 0 unspecified atom stereocenters. The largest absolute Gasteiger partial charge is 0.494 e. The van der Waals surface area contributed by atoms with E-state index in [1.807, 2.05) is 24.3 Å². The topological polar surface area (TPSA) is 103 Å². The zero-order chi connectivity index (χ0) is 20.1. The molecule has 1 aliphatic heterocycles. The number of aromatic nitrogens is 3. The van der Waals surface area contributed by atoms with Crippen molar-refractivity contribution in [2.45, 2.75) is 12.5 Å². The molecule has 0 spiro atoms. The Bertz CT molecular complexity index is 1370. The van der Waals surface area contributed by atoms with Crippen molar-refractivity contribution in [3.63, 3.8) is 0 Å². The minimum atomic E-state index is -0.838. The van der Waals surface area contributed by atoms with Crippen molar-refractivity contribution < 1.29 is 9.50 Å². The molecule has 3 heterocycles. The lowest BCUT2D eigenvalue weighted by Crippen LogP contribution is -2.38. The van der Waals surface area contributed by atoms with Gasteiger partial charge in [0.25, 0.3) is 5.56 Å². The van der Waals surface area contributed by atoms with Gasteiger partial charge in [-0.05, 0) is 36.2 Å². The first-order valence-corrected chi connectivity index (χ1v) is 9.21. The number of nitrogens with one attached hydrogen (secondary N) is 3. The molecule has 2 aromatic heterocycles. The maximum absolute atomic E-state index is 13.7. The number of aromatic amines is 2. The normalized spacial score (nSPS) is 16.1. The maximum Gasteiger partial charge on any atom is 0.335 e. The minimum Gasteiger partial charge on any atom is -0.494 e. The monoisotopic (exact) mass is 392 g/mol. The van der Waals surface area contributed by atoms with Crippen molar-refractivity contribution in [1.82, 2.24) is 19.9 Å². The summed E-state index contributed by atoms with van der Waals surface area (Å²) in [6.07, 6.45) is 0.762. The van der Waals surface area contributed by atoms with Crippen molar-refractivity contribution in [3.05, 3.63) is 92.0 Å². The zero-order valence-corrected chi connectivity index (χ0v) is 15.2. The molecule has 0 bridgehead atoms. The van der Waals surface area contributed by atoms with Gasteiger partial charge in [0.05, 0.1) is 11.7 Å². The Balaban J connectivity index is 1.75. The second-order valence-corrected chi connectivity index (χ2v) is 7.01. The summed E-state index contributed by atoms with van der Waals surface area (Å²) in [6.45, 7) is 0.595. The van der Waals surface area contributed by atoms with Gasteiger partial charge < -0.3 is 15.4 Å². The number of aromatic hydroxyl groups is 1. The Labute approximate surface area is 163 Å². The summed E-state index contributed by atoms with van der Waals surface area (Å²) in [5.41, 5.74) is 1.35. The van der Waals surface area contributed by atoms with E-state index in [0.717, 1.165) is 39.2 Å². The number of H-pyrrole nitrogens is 2. The summed E-state index contributed by atoms with van der Waals surface area (Å²) < 4.78 is 14.6. The van der Waals surface area contributed by atoms with Gasteiger partial charge in [-0.3, -0.25) is 9.78 Å². The Hall–Kier alpha value is -3.65. The number of hydrogen-bond acceptors (Lipinski definition) is 4. The van der Waals surface area contributed by atoms with Crippen LogP contribution in [0.1, 0.15) is 22.9 Å². The Morgan fingerprint density at radius 3 is 2.72 bits per heavy atom. The van der Waals surface area contributed by atoms with Crippen molar-refractivity contribution in [1.29, 1.82) is 0 Å². The number of hydrogen-bond donors (Lipinski definition) is 4. The van der Waals surface area contributed by atoms with Crippen LogP contribution in [0, 0.1) is 5.82 Å². The molecule has 0 aliphatic carbocycles. The average molecular weight is 392 g/mol. The molecular weight excluding hydrogens is 375 g/mol. The Morgan fingerprint density at radius 2 is 1.90 bits per heavy atom. The molecule has 0 fully saturated rings. The van der Waals surface area contributed by atoms with Crippen molar-refractivity contribution in [3.8, 4) is 11.6 Å². The van der Waals surface area contributed by atoms with Gasteiger partial charge in [-0.15, -0.1) is 0 Å². The zero-order valence-electron chi connectivity index (χ0n) is 15.2. The van der Waals surface area contributed by atoms with Crippen LogP contribution in [0.5, 0.6) is 5.88 Å². The van der Waals surface area contributed by atoms with Crippen LogP contribution in [0.4, 0.5) is 4.39 Å². The molecule has 0 radical (unpaired) electrons. The molecular formula is C21H17FN4O3. The molecule has 7 nitrogen and oxygen atoms in total. The van der Waals surface area contributed by atoms with Crippen molar-refractivity contribution in [2.24, 2.45) is 0 Å². The molecule has 0 saturated carbocycles. The van der Waals surface area contributed by atoms with Gasteiger partial charge >= 0.3 is 5.69 Å². The van der Waals surface area contributed by atoms with Crippen LogP contribution in [0.3, 0.4) is 0 Å². The third-order valence-electron chi connectivity index (χ3n) is 5.33. The first-order chi connectivity index (χ1) is 14.0. The van der Waals surface area contributed by atoms with E-state index in [-0.39, 0.29) is 11.3 Å². The second-order valence-electron chi connectivity index (χ2n) is 7.01. The van der Waals surface area contributed by atoms with Crippen LogP contribution >= 0.6 is 0 Å². The SMILES string of the molecule is O=c1[nH]c(=O)n(-c2cccc(F)c2)c(O)c1[C@@H]1NCCc2c1[nH]c1ccccc21.